The minimum absolute atomic E-state index is 0.173. The average molecular weight is 370 g/mol. The van der Waals surface area contributed by atoms with E-state index in [1.54, 1.807) is 22.3 Å². The van der Waals surface area contributed by atoms with Crippen molar-refractivity contribution in [2.45, 2.75) is 6.42 Å². The molecule has 4 rings (SSSR count). The molecule has 26 heavy (non-hydrogen) atoms. The summed E-state index contributed by atoms with van der Waals surface area (Å²) in [5, 5.41) is 7.48. The average Bonchev–Trinajstić information content (AvgIpc) is 3.30. The number of carbonyl (C=O) groups excluding carboxylic acids is 2. The number of morpholine rings is 1. The van der Waals surface area contributed by atoms with Gasteiger partial charge < -0.3 is 19.4 Å². The number of thiophene rings is 1. The third-order valence-electron chi connectivity index (χ3n) is 4.30. The molecule has 6 nitrogen and oxygen atoms in total. The van der Waals surface area contributed by atoms with Crippen LogP contribution in [-0.4, -0.2) is 43.0 Å². The Morgan fingerprint density at radius 2 is 1.96 bits per heavy atom. The van der Waals surface area contributed by atoms with Gasteiger partial charge in [-0.05, 0) is 34.5 Å². The quantitative estimate of drug-likeness (QED) is 0.766. The molecule has 3 aromatic rings. The van der Waals surface area contributed by atoms with Gasteiger partial charge in [0.25, 0.3) is 5.91 Å². The first-order valence-corrected chi connectivity index (χ1v) is 9.36. The number of furan rings is 1. The lowest BCUT2D eigenvalue weighted by molar-refractivity contribution is -0.115. The van der Waals surface area contributed by atoms with Crippen LogP contribution in [-0.2, 0) is 16.0 Å². The Bertz CT molecular complexity index is 926. The van der Waals surface area contributed by atoms with Crippen molar-refractivity contribution in [1.82, 2.24) is 4.90 Å². The smallest absolute Gasteiger partial charge is 0.291 e. The molecule has 0 spiro atoms. The predicted octanol–water partition coefficient (Wildman–Crippen LogP) is 3.15. The fourth-order valence-electron chi connectivity index (χ4n) is 2.99. The maximum Gasteiger partial charge on any atom is 0.291 e. The third kappa shape index (κ3) is 3.36. The highest BCUT2D eigenvalue weighted by Gasteiger charge is 2.27. The Morgan fingerprint density at radius 3 is 2.73 bits per heavy atom. The molecule has 134 valence electrons. The second-order valence-electron chi connectivity index (χ2n) is 6.06. The molecule has 1 saturated heterocycles. The summed E-state index contributed by atoms with van der Waals surface area (Å²) in [5.41, 5.74) is 1.97. The molecular formula is C19H18N2O4S. The lowest BCUT2D eigenvalue weighted by Gasteiger charge is -2.26. The van der Waals surface area contributed by atoms with Gasteiger partial charge in [-0.15, -0.1) is 0 Å². The zero-order valence-corrected chi connectivity index (χ0v) is 14.9. The van der Waals surface area contributed by atoms with Crippen molar-refractivity contribution in [3.05, 3.63) is 52.4 Å². The molecule has 3 heterocycles. The molecule has 1 aromatic carbocycles. The maximum absolute atomic E-state index is 12.9. The van der Waals surface area contributed by atoms with Crippen LogP contribution in [0.5, 0.6) is 0 Å². The Kier molecular flexibility index (Phi) is 4.73. The minimum Gasteiger partial charge on any atom is -0.449 e. The summed E-state index contributed by atoms with van der Waals surface area (Å²) < 4.78 is 11.1. The first-order chi connectivity index (χ1) is 12.7. The van der Waals surface area contributed by atoms with Gasteiger partial charge in [0.1, 0.15) is 11.3 Å². The van der Waals surface area contributed by atoms with Crippen LogP contribution in [0.3, 0.4) is 0 Å². The number of hydrogen-bond donors (Lipinski definition) is 1. The van der Waals surface area contributed by atoms with Crippen molar-refractivity contribution in [1.29, 1.82) is 0 Å². The van der Waals surface area contributed by atoms with Gasteiger partial charge in [-0.1, -0.05) is 12.1 Å². The van der Waals surface area contributed by atoms with Crippen LogP contribution in [0.2, 0.25) is 0 Å². The highest BCUT2D eigenvalue weighted by atomic mass is 32.1. The number of benzene rings is 1. The number of amides is 2. The molecule has 1 aliphatic rings. The highest BCUT2D eigenvalue weighted by molar-refractivity contribution is 7.08. The molecule has 2 amide bonds. The number of nitrogens with zero attached hydrogens (tertiary/aromatic N) is 1. The van der Waals surface area contributed by atoms with E-state index in [0.717, 1.165) is 10.9 Å². The Hall–Kier alpha value is -2.64. The van der Waals surface area contributed by atoms with E-state index >= 15 is 0 Å². The zero-order valence-electron chi connectivity index (χ0n) is 14.1. The van der Waals surface area contributed by atoms with Crippen LogP contribution in [0.1, 0.15) is 16.1 Å². The summed E-state index contributed by atoms with van der Waals surface area (Å²) in [4.78, 5) is 27.1. The number of ether oxygens (including phenoxy) is 1. The van der Waals surface area contributed by atoms with Gasteiger partial charge in [-0.2, -0.15) is 11.3 Å². The number of nitrogens with one attached hydrogen (secondary N) is 1. The number of para-hydroxylation sites is 1. The molecule has 1 fully saturated rings. The highest BCUT2D eigenvalue weighted by Crippen LogP contribution is 2.32. The van der Waals surface area contributed by atoms with Crippen LogP contribution in [0, 0.1) is 0 Å². The molecule has 7 heteroatoms. The van der Waals surface area contributed by atoms with E-state index in [1.165, 1.54) is 0 Å². The molecule has 0 unspecified atom stereocenters. The van der Waals surface area contributed by atoms with E-state index in [4.69, 9.17) is 9.15 Å². The van der Waals surface area contributed by atoms with Crippen molar-refractivity contribution in [3.63, 3.8) is 0 Å². The van der Waals surface area contributed by atoms with E-state index in [-0.39, 0.29) is 24.0 Å². The van der Waals surface area contributed by atoms with E-state index in [0.29, 0.717) is 37.6 Å². The molecule has 0 aliphatic carbocycles. The topological polar surface area (TPSA) is 71.8 Å². The lowest BCUT2D eigenvalue weighted by Crippen LogP contribution is -2.40. The second-order valence-corrected chi connectivity index (χ2v) is 6.84. The first-order valence-electron chi connectivity index (χ1n) is 8.42. The summed E-state index contributed by atoms with van der Waals surface area (Å²) in [5.74, 6) is -0.229. The van der Waals surface area contributed by atoms with Gasteiger partial charge in [0.2, 0.25) is 11.7 Å². The van der Waals surface area contributed by atoms with Gasteiger partial charge in [0.15, 0.2) is 0 Å². The molecule has 0 atom stereocenters. The first kappa shape index (κ1) is 16.8. The summed E-state index contributed by atoms with van der Waals surface area (Å²) in [7, 11) is 0. The zero-order chi connectivity index (χ0) is 17.9. The second kappa shape index (κ2) is 7.31. The molecule has 1 aliphatic heterocycles. The lowest BCUT2D eigenvalue weighted by atomic mass is 10.2. The van der Waals surface area contributed by atoms with E-state index in [2.05, 4.69) is 5.32 Å². The van der Waals surface area contributed by atoms with Gasteiger partial charge in [0, 0.05) is 18.5 Å². The van der Waals surface area contributed by atoms with Gasteiger partial charge >= 0.3 is 0 Å². The Morgan fingerprint density at radius 1 is 1.15 bits per heavy atom. The Balaban J connectivity index is 1.65. The maximum atomic E-state index is 12.9. The molecule has 1 N–H and O–H groups in total. The minimum atomic E-state index is -0.227. The van der Waals surface area contributed by atoms with E-state index in [1.807, 2.05) is 35.0 Å². The summed E-state index contributed by atoms with van der Waals surface area (Å²) in [6.07, 6.45) is 0.258. The van der Waals surface area contributed by atoms with Crippen LogP contribution in [0.4, 0.5) is 5.69 Å². The number of carbonyl (C=O) groups is 2. The van der Waals surface area contributed by atoms with Crippen LogP contribution in [0.25, 0.3) is 11.0 Å². The van der Waals surface area contributed by atoms with E-state index < -0.39 is 0 Å². The molecule has 0 bridgehead atoms. The van der Waals surface area contributed by atoms with Crippen LogP contribution < -0.4 is 5.32 Å². The van der Waals surface area contributed by atoms with Crippen molar-refractivity contribution in [2.75, 3.05) is 31.6 Å². The van der Waals surface area contributed by atoms with Crippen molar-refractivity contribution < 1.29 is 18.7 Å². The molecule has 0 saturated carbocycles. The van der Waals surface area contributed by atoms with E-state index in [9.17, 15) is 9.59 Å². The number of anilines is 1. The summed E-state index contributed by atoms with van der Waals surface area (Å²) in [6, 6.07) is 9.24. The Labute approximate surface area is 154 Å². The fraction of sp³-hybridized carbons (Fsp3) is 0.263. The SMILES string of the molecule is O=C(Cc1ccsc1)Nc1c(C(=O)N2CCOCC2)oc2ccccc12. The molecule has 2 aromatic heterocycles. The van der Waals surface area contributed by atoms with Gasteiger partial charge in [-0.3, -0.25) is 9.59 Å². The molecular weight excluding hydrogens is 352 g/mol. The number of rotatable bonds is 4. The normalized spacial score (nSPS) is 14.5. The molecule has 0 radical (unpaired) electrons. The monoisotopic (exact) mass is 370 g/mol. The predicted molar refractivity (Wildman–Crippen MR) is 99.6 cm³/mol. The number of hydrogen-bond acceptors (Lipinski definition) is 5. The standard InChI is InChI=1S/C19H18N2O4S/c22-16(11-13-5-10-26-12-13)20-17-14-3-1-2-4-15(14)25-18(17)19(23)21-6-8-24-9-7-21/h1-5,10,12H,6-9,11H2,(H,20,22). The van der Waals surface area contributed by atoms with Gasteiger partial charge in [-0.25, -0.2) is 0 Å². The van der Waals surface area contributed by atoms with Crippen molar-refractivity contribution >= 4 is 39.8 Å². The van der Waals surface area contributed by atoms with Crippen molar-refractivity contribution in [2.24, 2.45) is 0 Å². The number of fused-ring (bicyclic) bond motifs is 1. The van der Waals surface area contributed by atoms with Crippen molar-refractivity contribution in [3.8, 4) is 0 Å². The van der Waals surface area contributed by atoms with Crippen LogP contribution >= 0.6 is 11.3 Å². The fourth-order valence-corrected chi connectivity index (χ4v) is 3.66. The summed E-state index contributed by atoms with van der Waals surface area (Å²) in [6.45, 7) is 2.04. The van der Waals surface area contributed by atoms with Crippen LogP contribution in [0.15, 0.2) is 45.5 Å². The third-order valence-corrected chi connectivity index (χ3v) is 5.03. The summed E-state index contributed by atoms with van der Waals surface area (Å²) >= 11 is 1.55. The largest absolute Gasteiger partial charge is 0.449 e. The van der Waals surface area contributed by atoms with Gasteiger partial charge in [0.05, 0.1) is 19.6 Å².